The number of hydroxylamine groups is 2. The third-order valence-electron chi connectivity index (χ3n) is 3.37. The van der Waals surface area contributed by atoms with Gasteiger partial charge >= 0.3 is 0 Å². The Morgan fingerprint density at radius 2 is 2.04 bits per heavy atom. The SMILES string of the molecule is C=CN(C)c1ncc(C)cc1C.CC.CC(=C/[NH+](C)O)/C=C1/C=CNC1. The first-order chi connectivity index (χ1) is 12.3. The maximum absolute atomic E-state index is 8.97. The fourth-order valence-corrected chi connectivity index (χ4v) is 2.33. The summed E-state index contributed by atoms with van der Waals surface area (Å²) in [5, 5.41) is 12.4. The number of aryl methyl sites for hydroxylation is 2. The van der Waals surface area contributed by atoms with E-state index in [0.29, 0.717) is 5.06 Å². The number of hydrogen-bond donors (Lipinski definition) is 3. The van der Waals surface area contributed by atoms with Crippen LogP contribution in [0.3, 0.4) is 0 Å². The normalized spacial score (nSPS) is 15.2. The van der Waals surface area contributed by atoms with E-state index in [9.17, 15) is 0 Å². The maximum Gasteiger partial charge on any atom is 0.135 e. The molecule has 1 unspecified atom stereocenters. The second kappa shape index (κ2) is 12.9. The molecule has 0 aliphatic carbocycles. The Labute approximate surface area is 159 Å². The van der Waals surface area contributed by atoms with E-state index in [4.69, 9.17) is 5.21 Å². The lowest BCUT2D eigenvalue weighted by Gasteiger charge is -2.14. The van der Waals surface area contributed by atoms with Crippen LogP contribution in [0.4, 0.5) is 5.82 Å². The highest BCUT2D eigenvalue weighted by Crippen LogP contribution is 2.15. The summed E-state index contributed by atoms with van der Waals surface area (Å²) in [7, 11) is 3.61. The van der Waals surface area contributed by atoms with E-state index >= 15 is 0 Å². The molecule has 0 fully saturated rings. The molecular formula is C21H35N4O+. The summed E-state index contributed by atoms with van der Waals surface area (Å²) in [5.41, 5.74) is 4.68. The summed E-state index contributed by atoms with van der Waals surface area (Å²) >= 11 is 0. The molecule has 0 saturated heterocycles. The Bertz CT molecular complexity index is 645. The van der Waals surface area contributed by atoms with Crippen molar-refractivity contribution in [1.82, 2.24) is 10.3 Å². The number of allylic oxidation sites excluding steroid dienone is 2. The monoisotopic (exact) mass is 359 g/mol. The Balaban J connectivity index is 0.000000439. The fraction of sp³-hybridized carbons (Fsp3) is 0.381. The van der Waals surface area contributed by atoms with Crippen molar-refractivity contribution in [3.63, 3.8) is 0 Å². The molecule has 0 saturated carbocycles. The summed E-state index contributed by atoms with van der Waals surface area (Å²) in [4.78, 5) is 6.21. The zero-order chi connectivity index (χ0) is 20.1. The number of quaternary nitrogens is 1. The molecular weight excluding hydrogens is 324 g/mol. The molecule has 1 aromatic heterocycles. The van der Waals surface area contributed by atoms with E-state index in [-0.39, 0.29) is 0 Å². The Kier molecular flexibility index (Phi) is 11.7. The first-order valence-corrected chi connectivity index (χ1v) is 8.93. The number of aromatic nitrogens is 1. The van der Waals surface area contributed by atoms with Crippen molar-refractivity contribution in [2.45, 2.75) is 34.6 Å². The van der Waals surface area contributed by atoms with E-state index in [1.807, 2.05) is 58.1 Å². The van der Waals surface area contributed by atoms with Gasteiger partial charge in [0, 0.05) is 25.4 Å². The van der Waals surface area contributed by atoms with Crippen LogP contribution in [0.2, 0.25) is 0 Å². The summed E-state index contributed by atoms with van der Waals surface area (Å²) in [6.45, 7) is 14.6. The van der Waals surface area contributed by atoms with Crippen molar-refractivity contribution >= 4 is 5.82 Å². The van der Waals surface area contributed by atoms with Gasteiger partial charge < -0.3 is 10.2 Å². The van der Waals surface area contributed by atoms with Crippen molar-refractivity contribution in [3.8, 4) is 0 Å². The van der Waals surface area contributed by atoms with Crippen LogP contribution >= 0.6 is 0 Å². The van der Waals surface area contributed by atoms with Gasteiger partial charge in [-0.2, -0.15) is 5.06 Å². The lowest BCUT2D eigenvalue weighted by atomic mass is 10.2. The lowest BCUT2D eigenvalue weighted by Crippen LogP contribution is -3.01. The molecule has 5 nitrogen and oxygen atoms in total. The Morgan fingerprint density at radius 3 is 2.50 bits per heavy atom. The van der Waals surface area contributed by atoms with Gasteiger partial charge in [-0.25, -0.2) is 10.2 Å². The molecule has 0 aromatic carbocycles. The smallest absolute Gasteiger partial charge is 0.135 e. The molecule has 2 heterocycles. The highest BCUT2D eigenvalue weighted by Gasteiger charge is 2.02. The largest absolute Gasteiger partial charge is 0.387 e. The highest BCUT2D eigenvalue weighted by molar-refractivity contribution is 5.48. The molecule has 0 spiro atoms. The second-order valence-electron chi connectivity index (χ2n) is 5.91. The molecule has 1 atom stereocenters. The number of pyridine rings is 1. The number of nitrogens with one attached hydrogen (secondary N) is 2. The minimum absolute atomic E-state index is 0.347. The summed E-state index contributed by atoms with van der Waals surface area (Å²) in [6.07, 6.45) is 11.4. The topological polar surface area (TPSA) is 52.8 Å². The molecule has 144 valence electrons. The Morgan fingerprint density at radius 1 is 1.38 bits per heavy atom. The van der Waals surface area contributed by atoms with Gasteiger partial charge in [0.05, 0.1) is 0 Å². The molecule has 1 aromatic rings. The van der Waals surface area contributed by atoms with Gasteiger partial charge in [-0.1, -0.05) is 26.5 Å². The van der Waals surface area contributed by atoms with Gasteiger partial charge in [0.2, 0.25) is 0 Å². The summed E-state index contributed by atoms with van der Waals surface area (Å²) in [5.74, 6) is 0.968. The first-order valence-electron chi connectivity index (χ1n) is 8.93. The van der Waals surface area contributed by atoms with Gasteiger partial charge in [-0.05, 0) is 62.0 Å². The van der Waals surface area contributed by atoms with Crippen LogP contribution in [-0.2, 0) is 0 Å². The van der Waals surface area contributed by atoms with Crippen LogP contribution in [0.1, 0.15) is 31.9 Å². The molecule has 0 bridgehead atoms. The van der Waals surface area contributed by atoms with Crippen LogP contribution in [-0.4, -0.2) is 30.8 Å². The molecule has 0 amide bonds. The molecule has 5 heteroatoms. The molecule has 2 rings (SSSR count). The Hall–Kier alpha value is -2.37. The van der Waals surface area contributed by atoms with Gasteiger partial charge in [-0.3, -0.25) is 0 Å². The number of anilines is 1. The quantitative estimate of drug-likeness (QED) is 0.723. The zero-order valence-electron chi connectivity index (χ0n) is 17.3. The van der Waals surface area contributed by atoms with E-state index < -0.39 is 0 Å². The van der Waals surface area contributed by atoms with E-state index in [2.05, 4.69) is 35.9 Å². The maximum atomic E-state index is 8.97. The van der Waals surface area contributed by atoms with Crippen molar-refractivity contribution in [2.24, 2.45) is 0 Å². The van der Waals surface area contributed by atoms with E-state index in [0.717, 1.165) is 17.9 Å². The van der Waals surface area contributed by atoms with Crippen molar-refractivity contribution < 1.29 is 10.3 Å². The second-order valence-corrected chi connectivity index (χ2v) is 5.91. The average Bonchev–Trinajstić information content (AvgIpc) is 3.08. The van der Waals surface area contributed by atoms with Crippen LogP contribution in [0.5, 0.6) is 0 Å². The molecule has 3 N–H and O–H groups in total. The number of rotatable bonds is 4. The summed E-state index contributed by atoms with van der Waals surface area (Å²) < 4.78 is 0. The fourth-order valence-electron chi connectivity index (χ4n) is 2.33. The highest BCUT2D eigenvalue weighted by atomic mass is 16.5. The minimum Gasteiger partial charge on any atom is -0.387 e. The molecule has 1 aliphatic heterocycles. The van der Waals surface area contributed by atoms with Crippen LogP contribution in [0.25, 0.3) is 0 Å². The molecule has 26 heavy (non-hydrogen) atoms. The average molecular weight is 360 g/mol. The predicted octanol–water partition coefficient (Wildman–Crippen LogP) is 3.14. The number of hydrogen-bond acceptors (Lipinski definition) is 4. The zero-order valence-corrected chi connectivity index (χ0v) is 17.3. The van der Waals surface area contributed by atoms with Gasteiger partial charge in [-0.15, -0.1) is 0 Å². The van der Waals surface area contributed by atoms with Crippen LogP contribution in [0.15, 0.2) is 60.7 Å². The van der Waals surface area contributed by atoms with Gasteiger partial charge in [0.25, 0.3) is 0 Å². The summed E-state index contributed by atoms with van der Waals surface area (Å²) in [6, 6.07) is 2.11. The van der Waals surface area contributed by atoms with Crippen molar-refractivity contribution in [1.29, 1.82) is 0 Å². The van der Waals surface area contributed by atoms with E-state index in [1.54, 1.807) is 19.4 Å². The molecule has 1 aliphatic rings. The van der Waals surface area contributed by atoms with E-state index in [1.165, 1.54) is 16.7 Å². The standard InChI is InChI=1S/C10H14N2.C9H14N2O.C2H6/c1-5-12(4)10-9(3)6-8(2)7-11-10;1-8(7-11(2)12)5-9-3-4-10-6-9;1-2/h5-7H,1H2,2-4H3;3-5,7,10,12H,6H2,1-2H3;1-2H3/p+1/b;8-7-,9-5-;. The van der Waals surface area contributed by atoms with Crippen molar-refractivity contribution in [3.05, 3.63) is 71.9 Å². The number of nitrogens with zero attached hydrogens (tertiary/aromatic N) is 2. The minimum atomic E-state index is 0.347. The van der Waals surface area contributed by atoms with Gasteiger partial charge in [0.15, 0.2) is 0 Å². The van der Waals surface area contributed by atoms with Gasteiger partial charge in [0.1, 0.15) is 19.1 Å². The predicted molar refractivity (Wildman–Crippen MR) is 111 cm³/mol. The third kappa shape index (κ3) is 9.20. The van der Waals surface area contributed by atoms with Crippen LogP contribution < -0.4 is 15.3 Å². The molecule has 0 radical (unpaired) electrons. The lowest BCUT2D eigenvalue weighted by molar-refractivity contribution is -1.03. The van der Waals surface area contributed by atoms with Crippen molar-refractivity contribution in [2.75, 3.05) is 25.5 Å². The van der Waals surface area contributed by atoms with Crippen LogP contribution in [0, 0.1) is 13.8 Å². The third-order valence-corrected chi connectivity index (χ3v) is 3.37. The first kappa shape index (κ1) is 23.6.